The number of aromatic nitrogens is 3. The van der Waals surface area contributed by atoms with E-state index in [1.807, 2.05) is 0 Å². The number of hydrogen-bond acceptors (Lipinski definition) is 5. The number of amides is 1. The summed E-state index contributed by atoms with van der Waals surface area (Å²) < 4.78 is 13.6. The summed E-state index contributed by atoms with van der Waals surface area (Å²) in [7, 11) is 0. The van der Waals surface area contributed by atoms with Crippen LogP contribution in [0.5, 0.6) is 0 Å². The Bertz CT molecular complexity index is 858. The lowest BCUT2D eigenvalue weighted by Gasteiger charge is -2.08. The first-order valence-electron chi connectivity index (χ1n) is 6.89. The van der Waals surface area contributed by atoms with Gasteiger partial charge in [-0.25, -0.2) is 9.37 Å². The van der Waals surface area contributed by atoms with Crippen LogP contribution in [0.4, 0.5) is 21.6 Å². The van der Waals surface area contributed by atoms with Gasteiger partial charge in [-0.2, -0.15) is 4.98 Å². The molecule has 3 rings (SSSR count). The van der Waals surface area contributed by atoms with Crippen molar-refractivity contribution in [3.8, 4) is 0 Å². The number of carbonyl (C=O) groups excluding carboxylic acids is 1. The summed E-state index contributed by atoms with van der Waals surface area (Å²) >= 11 is 5.64. The normalized spacial score (nSPS) is 10.2. The van der Waals surface area contributed by atoms with E-state index in [1.54, 1.807) is 48.7 Å². The molecule has 24 heavy (non-hydrogen) atoms. The van der Waals surface area contributed by atoms with Gasteiger partial charge in [0.1, 0.15) is 5.69 Å². The van der Waals surface area contributed by atoms with E-state index in [1.165, 1.54) is 0 Å². The van der Waals surface area contributed by atoms with Crippen LogP contribution in [0.15, 0.2) is 54.9 Å². The molecule has 3 aromatic rings. The summed E-state index contributed by atoms with van der Waals surface area (Å²) in [5.41, 5.74) is 1.48. The predicted octanol–water partition coefficient (Wildman–Crippen LogP) is 3.66. The minimum absolute atomic E-state index is 0.0275. The zero-order valence-corrected chi connectivity index (χ0v) is 13.0. The van der Waals surface area contributed by atoms with Crippen LogP contribution in [0.2, 0.25) is 5.28 Å². The second kappa shape index (κ2) is 7.01. The zero-order chi connectivity index (χ0) is 16.9. The Labute approximate surface area is 141 Å². The minimum atomic E-state index is -0.619. The van der Waals surface area contributed by atoms with E-state index in [9.17, 15) is 9.18 Å². The summed E-state index contributed by atoms with van der Waals surface area (Å²) in [6.45, 7) is 0. The average molecular weight is 344 g/mol. The molecule has 1 aromatic carbocycles. The van der Waals surface area contributed by atoms with E-state index >= 15 is 0 Å². The Morgan fingerprint density at radius 3 is 2.50 bits per heavy atom. The van der Waals surface area contributed by atoms with Crippen molar-refractivity contribution in [1.29, 1.82) is 0 Å². The molecule has 0 fully saturated rings. The zero-order valence-electron chi connectivity index (χ0n) is 12.2. The molecular weight excluding hydrogens is 333 g/mol. The van der Waals surface area contributed by atoms with Gasteiger partial charge in [-0.1, -0.05) is 6.07 Å². The van der Waals surface area contributed by atoms with Crippen molar-refractivity contribution in [2.24, 2.45) is 0 Å². The van der Waals surface area contributed by atoms with Crippen molar-refractivity contribution in [1.82, 2.24) is 15.0 Å². The first kappa shape index (κ1) is 15.8. The van der Waals surface area contributed by atoms with Crippen LogP contribution >= 0.6 is 11.6 Å². The molecule has 2 aromatic heterocycles. The first-order valence-corrected chi connectivity index (χ1v) is 7.27. The fourth-order valence-corrected chi connectivity index (χ4v) is 2.03. The molecule has 0 saturated heterocycles. The molecule has 6 nitrogen and oxygen atoms in total. The number of hydrogen-bond donors (Lipinski definition) is 2. The van der Waals surface area contributed by atoms with Crippen LogP contribution in [-0.4, -0.2) is 20.9 Å². The number of rotatable bonds is 4. The molecule has 0 radical (unpaired) electrons. The summed E-state index contributed by atoms with van der Waals surface area (Å²) in [5.74, 6) is -0.961. The smallest absolute Gasteiger partial charge is 0.274 e. The molecule has 0 bridgehead atoms. The van der Waals surface area contributed by atoms with Crippen molar-refractivity contribution < 1.29 is 9.18 Å². The van der Waals surface area contributed by atoms with E-state index in [2.05, 4.69) is 25.6 Å². The minimum Gasteiger partial charge on any atom is -0.338 e. The molecule has 8 heteroatoms. The maximum atomic E-state index is 13.6. The highest BCUT2D eigenvalue weighted by atomic mass is 35.5. The Balaban J connectivity index is 1.69. The quantitative estimate of drug-likeness (QED) is 0.707. The molecule has 0 unspecified atom stereocenters. The van der Waals surface area contributed by atoms with Crippen molar-refractivity contribution in [2.75, 3.05) is 10.6 Å². The second-order valence-electron chi connectivity index (χ2n) is 4.71. The third-order valence-electron chi connectivity index (χ3n) is 3.02. The number of carbonyl (C=O) groups is 1. The predicted molar refractivity (Wildman–Crippen MR) is 88.9 cm³/mol. The Kier molecular flexibility index (Phi) is 4.62. The standard InChI is InChI=1S/C16H11ClFN5O/c17-16-20-9-12(18)14(23-16)21-10-4-6-11(7-5-10)22-15(24)13-3-1-2-8-19-13/h1-9H,(H,22,24)(H,20,21,23). The molecule has 0 aliphatic carbocycles. The Hall–Kier alpha value is -3.06. The second-order valence-corrected chi connectivity index (χ2v) is 5.05. The molecule has 0 aliphatic rings. The van der Waals surface area contributed by atoms with Crippen LogP contribution in [0.3, 0.4) is 0 Å². The molecule has 1 amide bonds. The van der Waals surface area contributed by atoms with Crippen molar-refractivity contribution in [2.45, 2.75) is 0 Å². The third kappa shape index (κ3) is 3.82. The molecule has 2 heterocycles. The van der Waals surface area contributed by atoms with Crippen molar-refractivity contribution >= 4 is 34.7 Å². The van der Waals surface area contributed by atoms with Gasteiger partial charge in [0.2, 0.25) is 5.28 Å². The average Bonchev–Trinajstić information content (AvgIpc) is 2.60. The van der Waals surface area contributed by atoms with Crippen LogP contribution in [-0.2, 0) is 0 Å². The molecule has 120 valence electrons. The van der Waals surface area contributed by atoms with Gasteiger partial charge in [0.15, 0.2) is 11.6 Å². The molecular formula is C16H11ClFN5O. The number of halogens is 2. The highest BCUT2D eigenvalue weighted by molar-refractivity contribution is 6.28. The van der Waals surface area contributed by atoms with Gasteiger partial charge < -0.3 is 10.6 Å². The van der Waals surface area contributed by atoms with Gasteiger partial charge in [0.25, 0.3) is 5.91 Å². The highest BCUT2D eigenvalue weighted by Gasteiger charge is 2.08. The summed E-state index contributed by atoms with van der Waals surface area (Å²) in [6, 6.07) is 11.8. The van der Waals surface area contributed by atoms with E-state index in [4.69, 9.17) is 11.6 Å². The number of anilines is 3. The van der Waals surface area contributed by atoms with Gasteiger partial charge in [0.05, 0.1) is 6.20 Å². The first-order chi connectivity index (χ1) is 11.6. The van der Waals surface area contributed by atoms with Gasteiger partial charge in [-0.3, -0.25) is 9.78 Å². The van der Waals surface area contributed by atoms with Gasteiger partial charge in [-0.05, 0) is 48.0 Å². The monoisotopic (exact) mass is 343 g/mol. The largest absolute Gasteiger partial charge is 0.338 e. The maximum absolute atomic E-state index is 13.6. The summed E-state index contributed by atoms with van der Waals surface area (Å²) in [4.78, 5) is 23.3. The van der Waals surface area contributed by atoms with E-state index < -0.39 is 5.82 Å². The van der Waals surface area contributed by atoms with Gasteiger partial charge in [-0.15, -0.1) is 0 Å². The summed E-state index contributed by atoms with van der Waals surface area (Å²) in [5, 5.41) is 5.45. The molecule has 0 saturated carbocycles. The molecule has 0 atom stereocenters. The number of pyridine rings is 1. The molecule has 0 aliphatic heterocycles. The third-order valence-corrected chi connectivity index (χ3v) is 3.20. The van der Waals surface area contributed by atoms with E-state index in [0.717, 1.165) is 6.20 Å². The number of benzene rings is 1. The SMILES string of the molecule is O=C(Nc1ccc(Nc2nc(Cl)ncc2F)cc1)c1ccccn1. The fraction of sp³-hybridized carbons (Fsp3) is 0. The number of nitrogens with zero attached hydrogens (tertiary/aromatic N) is 3. The van der Waals surface area contributed by atoms with E-state index in [-0.39, 0.29) is 17.0 Å². The van der Waals surface area contributed by atoms with Crippen LogP contribution < -0.4 is 10.6 Å². The summed E-state index contributed by atoms with van der Waals surface area (Å²) in [6.07, 6.45) is 2.53. The van der Waals surface area contributed by atoms with E-state index in [0.29, 0.717) is 17.1 Å². The van der Waals surface area contributed by atoms with Crippen molar-refractivity contribution in [3.05, 3.63) is 71.7 Å². The maximum Gasteiger partial charge on any atom is 0.274 e. The van der Waals surface area contributed by atoms with Crippen LogP contribution in [0.1, 0.15) is 10.5 Å². The van der Waals surface area contributed by atoms with Crippen LogP contribution in [0.25, 0.3) is 0 Å². The van der Waals surface area contributed by atoms with Gasteiger partial charge in [0, 0.05) is 17.6 Å². The highest BCUT2D eigenvalue weighted by Crippen LogP contribution is 2.20. The molecule has 2 N–H and O–H groups in total. The lowest BCUT2D eigenvalue weighted by Crippen LogP contribution is -2.13. The fourth-order valence-electron chi connectivity index (χ4n) is 1.90. The lowest BCUT2D eigenvalue weighted by atomic mass is 10.2. The lowest BCUT2D eigenvalue weighted by molar-refractivity contribution is 0.102. The van der Waals surface area contributed by atoms with Gasteiger partial charge >= 0.3 is 0 Å². The topological polar surface area (TPSA) is 79.8 Å². The van der Waals surface area contributed by atoms with Crippen molar-refractivity contribution in [3.63, 3.8) is 0 Å². The van der Waals surface area contributed by atoms with Crippen LogP contribution in [0, 0.1) is 5.82 Å². The number of nitrogens with one attached hydrogen (secondary N) is 2. The Morgan fingerprint density at radius 1 is 1.04 bits per heavy atom. The molecule has 0 spiro atoms. The Morgan fingerprint density at radius 2 is 1.79 bits per heavy atom.